The van der Waals surface area contributed by atoms with Gasteiger partial charge in [-0.05, 0) is 37.7 Å². The Bertz CT molecular complexity index is 632. The first kappa shape index (κ1) is 12.5. The number of para-hydroxylation sites is 1. The van der Waals surface area contributed by atoms with Gasteiger partial charge in [-0.1, -0.05) is 11.3 Å². The van der Waals surface area contributed by atoms with Crippen LogP contribution in [-0.4, -0.2) is 36.6 Å². The van der Waals surface area contributed by atoms with Crippen LogP contribution in [0.2, 0.25) is 0 Å². The summed E-state index contributed by atoms with van der Waals surface area (Å²) in [4.78, 5) is 11.3. The molecule has 2 aromatic rings. The molecule has 1 aromatic carbocycles. The largest absolute Gasteiger partial charge is 0.478 e. The van der Waals surface area contributed by atoms with E-state index in [-0.39, 0.29) is 10.3 Å². The van der Waals surface area contributed by atoms with Gasteiger partial charge in [0.1, 0.15) is 11.0 Å². The Balaban J connectivity index is 2.06. The van der Waals surface area contributed by atoms with E-state index >= 15 is 0 Å². The molecule has 1 N–H and O–H groups in total. The summed E-state index contributed by atoms with van der Waals surface area (Å²) in [5.74, 6) is 0.230. The van der Waals surface area contributed by atoms with Gasteiger partial charge in [-0.3, -0.25) is 0 Å². The van der Waals surface area contributed by atoms with Gasteiger partial charge in [0, 0.05) is 4.75 Å². The molecule has 0 saturated carbocycles. The Morgan fingerprint density at radius 2 is 2.42 bits per heavy atom. The number of hydrogen-bond acceptors (Lipinski definition) is 4. The van der Waals surface area contributed by atoms with Crippen LogP contribution in [0.25, 0.3) is 11.0 Å². The van der Waals surface area contributed by atoms with E-state index in [0.29, 0.717) is 17.6 Å². The molecule has 1 aromatic heterocycles. The summed E-state index contributed by atoms with van der Waals surface area (Å²) in [6.07, 6.45) is 2.34. The van der Waals surface area contributed by atoms with E-state index in [9.17, 15) is 9.90 Å². The maximum Gasteiger partial charge on any atom is 0.337 e. The molecule has 19 heavy (non-hydrogen) atoms. The highest BCUT2D eigenvalue weighted by molar-refractivity contribution is 8.00. The van der Waals surface area contributed by atoms with Gasteiger partial charge in [0.05, 0.1) is 12.1 Å². The molecule has 0 amide bonds. The second-order valence-corrected chi connectivity index (χ2v) is 6.81. The fourth-order valence-corrected chi connectivity index (χ4v) is 3.88. The average molecular weight is 277 g/mol. The highest BCUT2D eigenvalue weighted by Gasteiger charge is 2.31. The van der Waals surface area contributed by atoms with Crippen molar-refractivity contribution in [2.45, 2.75) is 31.1 Å². The number of aromatic carboxylic acids is 1. The van der Waals surface area contributed by atoms with Crippen molar-refractivity contribution in [3.05, 3.63) is 23.8 Å². The van der Waals surface area contributed by atoms with Crippen LogP contribution in [0.15, 0.2) is 18.2 Å². The van der Waals surface area contributed by atoms with Crippen LogP contribution in [0.5, 0.6) is 0 Å². The summed E-state index contributed by atoms with van der Waals surface area (Å²) in [6.45, 7) is 2.92. The van der Waals surface area contributed by atoms with Gasteiger partial charge >= 0.3 is 5.97 Å². The highest BCUT2D eigenvalue weighted by Crippen LogP contribution is 2.39. The molecule has 1 fully saturated rings. The maximum absolute atomic E-state index is 11.3. The second-order valence-electron chi connectivity index (χ2n) is 5.13. The molecule has 1 aliphatic rings. The summed E-state index contributed by atoms with van der Waals surface area (Å²) in [6, 6.07) is 5.11. The zero-order chi connectivity index (χ0) is 13.5. The van der Waals surface area contributed by atoms with Crippen molar-refractivity contribution >= 4 is 28.8 Å². The molecule has 5 nitrogen and oxygen atoms in total. The Labute approximate surface area is 115 Å². The number of benzene rings is 1. The third-order valence-corrected chi connectivity index (χ3v) is 5.07. The lowest BCUT2D eigenvalue weighted by atomic mass is 10.1. The molecule has 3 rings (SSSR count). The van der Waals surface area contributed by atoms with Gasteiger partial charge in [0.25, 0.3) is 0 Å². The van der Waals surface area contributed by atoms with Gasteiger partial charge in [0.2, 0.25) is 0 Å². The number of hydrogen-bond donors (Lipinski definition) is 1. The van der Waals surface area contributed by atoms with E-state index in [4.69, 9.17) is 0 Å². The number of fused-ring (bicyclic) bond motifs is 1. The predicted molar refractivity (Wildman–Crippen MR) is 74.6 cm³/mol. The topological polar surface area (TPSA) is 68.0 Å². The SMILES string of the molecule is CC1(Cn2nnc3cccc(C(=O)O)c32)CCCS1. The number of rotatable bonds is 3. The lowest BCUT2D eigenvalue weighted by Crippen LogP contribution is -2.24. The van der Waals surface area contributed by atoms with Crippen molar-refractivity contribution in [3.63, 3.8) is 0 Å². The minimum Gasteiger partial charge on any atom is -0.478 e. The monoisotopic (exact) mass is 277 g/mol. The van der Waals surface area contributed by atoms with Crippen molar-refractivity contribution < 1.29 is 9.90 Å². The number of carboxylic acid groups (broad SMARTS) is 1. The molecule has 1 unspecified atom stereocenters. The lowest BCUT2D eigenvalue weighted by Gasteiger charge is -2.22. The fraction of sp³-hybridized carbons (Fsp3) is 0.462. The van der Waals surface area contributed by atoms with Crippen LogP contribution in [0.1, 0.15) is 30.1 Å². The van der Waals surface area contributed by atoms with Gasteiger partial charge in [-0.25, -0.2) is 9.48 Å². The van der Waals surface area contributed by atoms with E-state index in [1.165, 1.54) is 6.42 Å². The molecule has 1 atom stereocenters. The summed E-state index contributed by atoms with van der Waals surface area (Å²) < 4.78 is 1.88. The Morgan fingerprint density at radius 3 is 3.11 bits per heavy atom. The van der Waals surface area contributed by atoms with Crippen LogP contribution in [-0.2, 0) is 6.54 Å². The fourth-order valence-electron chi connectivity index (χ4n) is 2.59. The number of carboxylic acids is 1. The molecular weight excluding hydrogens is 262 g/mol. The van der Waals surface area contributed by atoms with Crippen molar-refractivity contribution in [3.8, 4) is 0 Å². The average Bonchev–Trinajstić information content (AvgIpc) is 2.97. The third-order valence-electron chi connectivity index (χ3n) is 3.55. The molecule has 0 bridgehead atoms. The quantitative estimate of drug-likeness (QED) is 0.933. The Hall–Kier alpha value is -1.56. The number of thioether (sulfide) groups is 1. The van der Waals surface area contributed by atoms with Crippen LogP contribution < -0.4 is 0 Å². The van der Waals surface area contributed by atoms with Gasteiger partial charge in [-0.2, -0.15) is 11.8 Å². The van der Waals surface area contributed by atoms with Gasteiger partial charge in [-0.15, -0.1) is 5.10 Å². The molecule has 100 valence electrons. The minimum absolute atomic E-state index is 0.131. The van der Waals surface area contributed by atoms with E-state index in [1.807, 2.05) is 11.8 Å². The number of carbonyl (C=O) groups is 1. The van der Waals surface area contributed by atoms with E-state index < -0.39 is 5.97 Å². The van der Waals surface area contributed by atoms with Crippen molar-refractivity contribution in [1.29, 1.82) is 0 Å². The normalized spacial score (nSPS) is 23.0. The molecular formula is C13H15N3O2S. The van der Waals surface area contributed by atoms with E-state index in [2.05, 4.69) is 17.2 Å². The van der Waals surface area contributed by atoms with Crippen molar-refractivity contribution in [2.24, 2.45) is 0 Å². The van der Waals surface area contributed by atoms with Crippen molar-refractivity contribution in [1.82, 2.24) is 15.0 Å². The first-order valence-corrected chi connectivity index (χ1v) is 7.27. The summed E-state index contributed by atoms with van der Waals surface area (Å²) >= 11 is 1.93. The summed E-state index contributed by atoms with van der Waals surface area (Å²) in [7, 11) is 0. The molecule has 1 saturated heterocycles. The number of aromatic nitrogens is 3. The smallest absolute Gasteiger partial charge is 0.337 e. The summed E-state index contributed by atoms with van der Waals surface area (Å²) in [5.41, 5.74) is 1.55. The van der Waals surface area contributed by atoms with E-state index in [1.54, 1.807) is 22.9 Å². The Morgan fingerprint density at radius 1 is 1.58 bits per heavy atom. The van der Waals surface area contributed by atoms with Crippen LogP contribution in [0.4, 0.5) is 0 Å². The zero-order valence-electron chi connectivity index (χ0n) is 10.7. The lowest BCUT2D eigenvalue weighted by molar-refractivity contribution is 0.0698. The molecule has 0 radical (unpaired) electrons. The predicted octanol–water partition coefficient (Wildman–Crippen LogP) is 2.42. The molecule has 6 heteroatoms. The first-order chi connectivity index (χ1) is 9.09. The summed E-state index contributed by atoms with van der Waals surface area (Å²) in [5, 5.41) is 17.5. The highest BCUT2D eigenvalue weighted by atomic mass is 32.2. The van der Waals surface area contributed by atoms with Gasteiger partial charge < -0.3 is 5.11 Å². The molecule has 2 heterocycles. The molecule has 0 aliphatic carbocycles. The minimum atomic E-state index is -0.932. The second kappa shape index (κ2) is 4.52. The third kappa shape index (κ3) is 2.20. The van der Waals surface area contributed by atoms with Crippen LogP contribution in [0.3, 0.4) is 0 Å². The Kier molecular flexibility index (Phi) is 2.97. The zero-order valence-corrected chi connectivity index (χ0v) is 11.5. The first-order valence-electron chi connectivity index (χ1n) is 6.29. The van der Waals surface area contributed by atoms with Crippen LogP contribution in [0, 0.1) is 0 Å². The van der Waals surface area contributed by atoms with E-state index in [0.717, 1.165) is 12.2 Å². The van der Waals surface area contributed by atoms with Crippen LogP contribution >= 0.6 is 11.8 Å². The molecule has 0 spiro atoms. The maximum atomic E-state index is 11.3. The van der Waals surface area contributed by atoms with Gasteiger partial charge in [0.15, 0.2) is 0 Å². The standard InChI is InChI=1S/C13H15N3O2S/c1-13(6-3-7-19-13)8-16-11-9(12(17)18)4-2-5-10(11)14-15-16/h2,4-5H,3,6-8H2,1H3,(H,17,18). The number of nitrogens with zero attached hydrogens (tertiary/aromatic N) is 3. The van der Waals surface area contributed by atoms with Crippen molar-refractivity contribution in [2.75, 3.05) is 5.75 Å². The molecule has 1 aliphatic heterocycles.